The molecule has 1 aromatic carbocycles. The number of H-pyrrole nitrogens is 2. The van der Waals surface area contributed by atoms with Crippen LogP contribution in [0.3, 0.4) is 0 Å². The summed E-state index contributed by atoms with van der Waals surface area (Å²) in [6.45, 7) is 7.82. The number of aromatic amines is 2. The maximum atomic E-state index is 11.9. The molecule has 2 N–H and O–H groups in total. The van der Waals surface area contributed by atoms with E-state index < -0.39 is 0 Å². The first-order chi connectivity index (χ1) is 12.0. The van der Waals surface area contributed by atoms with Crippen molar-refractivity contribution < 1.29 is 4.52 Å². The number of nitrogens with zero attached hydrogens (tertiary/aromatic N) is 2. The van der Waals surface area contributed by atoms with Crippen LogP contribution in [0.1, 0.15) is 22.7 Å². The van der Waals surface area contributed by atoms with Crippen LogP contribution >= 0.6 is 0 Å². The lowest BCUT2D eigenvalue weighted by atomic mass is 9.94. The molecule has 0 unspecified atom stereocenters. The molecule has 0 atom stereocenters. The molecule has 0 saturated carbocycles. The minimum atomic E-state index is -0.230. The standard InChI is InChI=1S/C19H18N4O2/c1-9-5-6-20-10(2)16(9)14-7-13(17-11(3)23-25-12(17)4)8-15-18(14)22-19(24)21-15/h5-8H,1-4H3,(H2,21,22,24). The molecule has 0 fully saturated rings. The molecule has 126 valence electrons. The Kier molecular flexibility index (Phi) is 3.35. The molecule has 6 nitrogen and oxygen atoms in total. The number of hydrogen-bond acceptors (Lipinski definition) is 4. The van der Waals surface area contributed by atoms with Gasteiger partial charge in [-0.3, -0.25) is 4.98 Å². The van der Waals surface area contributed by atoms with Crippen molar-refractivity contribution in [2.45, 2.75) is 27.7 Å². The molecule has 3 heterocycles. The molecule has 6 heteroatoms. The third-order valence-electron chi connectivity index (χ3n) is 4.57. The van der Waals surface area contributed by atoms with Crippen molar-refractivity contribution in [3.8, 4) is 22.3 Å². The molecule has 4 aromatic rings. The lowest BCUT2D eigenvalue weighted by molar-refractivity contribution is 0.393. The number of hydrogen-bond donors (Lipinski definition) is 2. The Balaban J connectivity index is 2.12. The minimum absolute atomic E-state index is 0.230. The van der Waals surface area contributed by atoms with Crippen LogP contribution in [-0.4, -0.2) is 20.1 Å². The van der Waals surface area contributed by atoms with Gasteiger partial charge in [-0.25, -0.2) is 4.79 Å². The average molecular weight is 334 g/mol. The third-order valence-corrected chi connectivity index (χ3v) is 4.57. The van der Waals surface area contributed by atoms with E-state index in [9.17, 15) is 4.79 Å². The molecule has 4 rings (SSSR count). The van der Waals surface area contributed by atoms with Gasteiger partial charge in [0.25, 0.3) is 0 Å². The van der Waals surface area contributed by atoms with Crippen molar-refractivity contribution in [1.29, 1.82) is 0 Å². The molecule has 0 aliphatic carbocycles. The average Bonchev–Trinajstić information content (AvgIpc) is 3.08. The van der Waals surface area contributed by atoms with Crippen LogP contribution in [0.5, 0.6) is 0 Å². The molecule has 0 amide bonds. The van der Waals surface area contributed by atoms with E-state index in [2.05, 4.69) is 26.2 Å². The molecular weight excluding hydrogens is 316 g/mol. The summed E-state index contributed by atoms with van der Waals surface area (Å²) in [5.74, 6) is 0.750. The second-order valence-electron chi connectivity index (χ2n) is 6.31. The predicted octanol–water partition coefficient (Wildman–Crippen LogP) is 3.81. The largest absolute Gasteiger partial charge is 0.361 e. The Hall–Kier alpha value is -3.15. The number of rotatable bonds is 2. The Morgan fingerprint density at radius 1 is 1.00 bits per heavy atom. The molecule has 3 aromatic heterocycles. The zero-order valence-corrected chi connectivity index (χ0v) is 14.5. The van der Waals surface area contributed by atoms with E-state index in [1.165, 1.54) is 0 Å². The van der Waals surface area contributed by atoms with Gasteiger partial charge in [-0.1, -0.05) is 5.16 Å². The highest BCUT2D eigenvalue weighted by atomic mass is 16.5. The SMILES string of the molecule is Cc1ccnc(C)c1-c1cc(-c2c(C)noc2C)cc2[nH]c(=O)[nH]c12. The lowest BCUT2D eigenvalue weighted by Gasteiger charge is -2.12. The molecule has 0 bridgehead atoms. The minimum Gasteiger partial charge on any atom is -0.361 e. The number of benzene rings is 1. The van der Waals surface area contributed by atoms with E-state index in [0.29, 0.717) is 0 Å². The predicted molar refractivity (Wildman–Crippen MR) is 96.6 cm³/mol. The maximum Gasteiger partial charge on any atom is 0.323 e. The number of fused-ring (bicyclic) bond motifs is 1. The van der Waals surface area contributed by atoms with E-state index in [4.69, 9.17) is 4.52 Å². The number of aromatic nitrogens is 4. The zero-order valence-electron chi connectivity index (χ0n) is 14.5. The number of pyridine rings is 1. The first-order valence-corrected chi connectivity index (χ1v) is 8.07. The van der Waals surface area contributed by atoms with E-state index in [1.807, 2.05) is 39.8 Å². The van der Waals surface area contributed by atoms with E-state index in [0.717, 1.165) is 56.0 Å². The van der Waals surface area contributed by atoms with Crippen LogP contribution in [-0.2, 0) is 0 Å². The van der Waals surface area contributed by atoms with Gasteiger partial charge in [-0.05, 0) is 57.0 Å². The Bertz CT molecular complexity index is 1120. The number of imidazole rings is 1. The summed E-state index contributed by atoms with van der Waals surface area (Å²) in [6, 6.07) is 5.99. The van der Waals surface area contributed by atoms with E-state index in [-0.39, 0.29) is 5.69 Å². The van der Waals surface area contributed by atoms with Gasteiger partial charge in [0.2, 0.25) is 0 Å². The molecule has 0 radical (unpaired) electrons. The van der Waals surface area contributed by atoms with Gasteiger partial charge >= 0.3 is 5.69 Å². The molecule has 0 spiro atoms. The monoisotopic (exact) mass is 334 g/mol. The summed E-state index contributed by atoms with van der Waals surface area (Å²) in [5, 5.41) is 4.05. The van der Waals surface area contributed by atoms with Crippen molar-refractivity contribution in [2.24, 2.45) is 0 Å². The molecule has 0 saturated heterocycles. The fraction of sp³-hybridized carbons (Fsp3) is 0.211. The Morgan fingerprint density at radius 3 is 2.48 bits per heavy atom. The lowest BCUT2D eigenvalue weighted by Crippen LogP contribution is -1.99. The highest BCUT2D eigenvalue weighted by Crippen LogP contribution is 2.36. The summed E-state index contributed by atoms with van der Waals surface area (Å²) < 4.78 is 5.32. The zero-order chi connectivity index (χ0) is 17.7. The highest BCUT2D eigenvalue weighted by molar-refractivity contribution is 5.97. The van der Waals surface area contributed by atoms with Crippen molar-refractivity contribution >= 4 is 11.0 Å². The van der Waals surface area contributed by atoms with Gasteiger partial charge in [0.1, 0.15) is 5.76 Å². The van der Waals surface area contributed by atoms with Crippen molar-refractivity contribution in [3.05, 3.63) is 57.6 Å². The number of nitrogens with one attached hydrogen (secondary N) is 2. The van der Waals surface area contributed by atoms with Gasteiger partial charge in [-0.2, -0.15) is 0 Å². The second-order valence-corrected chi connectivity index (χ2v) is 6.31. The van der Waals surface area contributed by atoms with Crippen LogP contribution in [0.2, 0.25) is 0 Å². The van der Waals surface area contributed by atoms with Gasteiger partial charge in [-0.15, -0.1) is 0 Å². The summed E-state index contributed by atoms with van der Waals surface area (Å²) in [4.78, 5) is 22.1. The topological polar surface area (TPSA) is 87.6 Å². The van der Waals surface area contributed by atoms with Crippen molar-refractivity contribution in [1.82, 2.24) is 20.1 Å². The van der Waals surface area contributed by atoms with Crippen LogP contribution in [0.15, 0.2) is 33.7 Å². The smallest absolute Gasteiger partial charge is 0.323 e. The second kappa shape index (κ2) is 5.44. The van der Waals surface area contributed by atoms with Crippen LogP contribution in [0, 0.1) is 27.7 Å². The fourth-order valence-electron chi connectivity index (χ4n) is 3.48. The summed E-state index contributed by atoms with van der Waals surface area (Å²) >= 11 is 0. The highest BCUT2D eigenvalue weighted by Gasteiger charge is 2.18. The molecule has 0 aliphatic heterocycles. The quantitative estimate of drug-likeness (QED) is 0.583. The normalized spacial score (nSPS) is 11.4. The van der Waals surface area contributed by atoms with Crippen LogP contribution in [0.4, 0.5) is 0 Å². The Morgan fingerprint density at radius 2 is 1.80 bits per heavy atom. The Labute approximate surface area is 143 Å². The van der Waals surface area contributed by atoms with E-state index >= 15 is 0 Å². The fourth-order valence-corrected chi connectivity index (χ4v) is 3.48. The first kappa shape index (κ1) is 15.4. The molecular formula is C19H18N4O2. The van der Waals surface area contributed by atoms with Crippen LogP contribution in [0.25, 0.3) is 33.3 Å². The van der Waals surface area contributed by atoms with E-state index in [1.54, 1.807) is 6.20 Å². The van der Waals surface area contributed by atoms with Gasteiger partial charge in [0, 0.05) is 28.6 Å². The molecule has 0 aliphatic rings. The van der Waals surface area contributed by atoms with Crippen molar-refractivity contribution in [2.75, 3.05) is 0 Å². The van der Waals surface area contributed by atoms with Crippen LogP contribution < -0.4 is 5.69 Å². The van der Waals surface area contributed by atoms with Gasteiger partial charge in [0.15, 0.2) is 0 Å². The van der Waals surface area contributed by atoms with Gasteiger partial charge in [0.05, 0.1) is 16.7 Å². The third kappa shape index (κ3) is 2.38. The maximum absolute atomic E-state index is 11.9. The summed E-state index contributed by atoms with van der Waals surface area (Å²) in [5.41, 5.74) is 8.00. The number of aryl methyl sites for hydroxylation is 4. The van der Waals surface area contributed by atoms with Gasteiger partial charge < -0.3 is 14.5 Å². The molecule has 25 heavy (non-hydrogen) atoms. The van der Waals surface area contributed by atoms with Crippen molar-refractivity contribution in [3.63, 3.8) is 0 Å². The summed E-state index contributed by atoms with van der Waals surface area (Å²) in [6.07, 6.45) is 1.80. The first-order valence-electron chi connectivity index (χ1n) is 8.07. The summed E-state index contributed by atoms with van der Waals surface area (Å²) in [7, 11) is 0.